The second-order valence-electron chi connectivity index (χ2n) is 31.1. The highest BCUT2D eigenvalue weighted by atomic mass is 16.7. The van der Waals surface area contributed by atoms with E-state index in [1.165, 1.54) is 77.4 Å². The maximum absolute atomic E-state index is 6.16. The lowest BCUT2D eigenvalue weighted by atomic mass is 10.1. The molecule has 4 aromatic carbocycles. The molecule has 8 aromatic rings. The molecule has 4 saturated carbocycles. The van der Waals surface area contributed by atoms with Crippen molar-refractivity contribution in [2.45, 2.75) is 136 Å². The van der Waals surface area contributed by atoms with Crippen LogP contribution in [0, 0.1) is 51.4 Å². The van der Waals surface area contributed by atoms with Crippen LogP contribution in [-0.2, 0) is 9.47 Å². The Morgan fingerprint density at radius 1 is 0.368 bits per heavy atom. The van der Waals surface area contributed by atoms with E-state index < -0.39 is 0 Å². The molecule has 0 amide bonds. The van der Waals surface area contributed by atoms with Gasteiger partial charge in [-0.2, -0.15) is 19.9 Å². The lowest BCUT2D eigenvalue weighted by Gasteiger charge is -2.17. The molecule has 117 heavy (non-hydrogen) atoms. The van der Waals surface area contributed by atoms with Gasteiger partial charge in [0.2, 0.25) is 23.8 Å². The molecule has 8 heterocycles. The Kier molecular flexibility index (Phi) is 31.1. The molecule has 16 rings (SSSR count). The van der Waals surface area contributed by atoms with Crippen molar-refractivity contribution in [1.29, 1.82) is 0 Å². The summed E-state index contributed by atoms with van der Waals surface area (Å²) < 4.78 is 56.7. The zero-order chi connectivity index (χ0) is 82.2. The summed E-state index contributed by atoms with van der Waals surface area (Å²) in [6.45, 7) is 22.5. The minimum absolute atomic E-state index is 0.158. The smallest absolute Gasteiger partial charge is 0.229 e. The Bertz CT molecular complexity index is 4150. The van der Waals surface area contributed by atoms with Gasteiger partial charge in [0.05, 0.1) is 54.9 Å². The van der Waals surface area contributed by atoms with E-state index in [9.17, 15) is 0 Å². The highest BCUT2D eigenvalue weighted by molar-refractivity contribution is 5.65. The molecule has 0 spiro atoms. The lowest BCUT2D eigenvalue weighted by Crippen LogP contribution is -2.24. The Labute approximate surface area is 690 Å². The maximum Gasteiger partial charge on any atom is 0.229 e. The summed E-state index contributed by atoms with van der Waals surface area (Å²) >= 11 is 0. The van der Waals surface area contributed by atoms with E-state index in [2.05, 4.69) is 102 Å². The Balaban J connectivity index is 0.000000139. The average Bonchev–Trinajstić information content (AvgIpc) is 1.74. The standard InChI is InChI=1S/3C21H29N5O2.C18H25N5O2.C6H12O2/c3*1-14-10-20(22-2)25-21(23-14)24-16-4-7-18(27-3)19(11-16)28-13-15-8-9-26(12-15)17-5-6-17;1-12-8-17(19-2)23-18(21-12)22-14-4-5-15(24-3)16(9-14)25-11-13-6-7-20-10-13;1-3-8-6(7-2)4-5-6/h3*4,7,10-11,15,17H,5-6,8-9,12-13H2,1-3H3,(H2,22,23,24,25);4-5,8-9,13,20H,6-7,10-11H2,1-3H3,(H2,19,21,22,23);3-5H2,1-2H3/t2*15-;;;/m10.../s1. The van der Waals surface area contributed by atoms with E-state index >= 15 is 0 Å². The lowest BCUT2D eigenvalue weighted by molar-refractivity contribution is -0.144. The third-order valence-corrected chi connectivity index (χ3v) is 21.8. The molecule has 8 fully saturated rings. The van der Waals surface area contributed by atoms with Gasteiger partial charge in [-0.25, -0.2) is 19.9 Å². The second kappa shape index (κ2) is 42.2. The van der Waals surface area contributed by atoms with Crippen molar-refractivity contribution in [3.05, 3.63) is 120 Å². The van der Waals surface area contributed by atoms with E-state index in [1.54, 1.807) is 35.5 Å². The van der Waals surface area contributed by atoms with Crippen LogP contribution < -0.4 is 85.7 Å². The number of benzene rings is 4. The largest absolute Gasteiger partial charge is 0.493 e. The summed E-state index contributed by atoms with van der Waals surface area (Å²) in [5.41, 5.74) is 7.04. The summed E-state index contributed by atoms with van der Waals surface area (Å²) in [5, 5.41) is 28.6. The van der Waals surface area contributed by atoms with Gasteiger partial charge in [-0.3, -0.25) is 14.7 Å². The Morgan fingerprint density at radius 2 is 0.658 bits per heavy atom. The number of hydrogen-bond donors (Lipinski definition) is 9. The number of aromatic nitrogens is 8. The predicted molar refractivity (Wildman–Crippen MR) is 462 cm³/mol. The van der Waals surface area contributed by atoms with Crippen LogP contribution in [0.3, 0.4) is 0 Å². The molecule has 4 aromatic heterocycles. The number of aryl methyl sites for hydroxylation is 4. The van der Waals surface area contributed by atoms with Gasteiger partial charge in [0.1, 0.15) is 23.3 Å². The number of methoxy groups -OCH3 is 5. The van der Waals surface area contributed by atoms with E-state index in [0.717, 1.165) is 192 Å². The Hall–Kier alpha value is -10.2. The van der Waals surface area contributed by atoms with Crippen LogP contribution >= 0.6 is 0 Å². The third-order valence-electron chi connectivity index (χ3n) is 21.8. The first-order valence-electron chi connectivity index (χ1n) is 41.5. The van der Waals surface area contributed by atoms with Gasteiger partial charge in [0.15, 0.2) is 51.8 Å². The zero-order valence-corrected chi connectivity index (χ0v) is 71.0. The predicted octanol–water partition coefficient (Wildman–Crippen LogP) is 14.1. The fourth-order valence-electron chi connectivity index (χ4n) is 14.8. The van der Waals surface area contributed by atoms with E-state index in [0.29, 0.717) is 73.9 Å². The molecule has 4 aliphatic carbocycles. The van der Waals surface area contributed by atoms with Gasteiger partial charge >= 0.3 is 0 Å². The van der Waals surface area contributed by atoms with Gasteiger partial charge in [-0.15, -0.1) is 0 Å². The van der Waals surface area contributed by atoms with E-state index in [-0.39, 0.29) is 5.79 Å². The van der Waals surface area contributed by atoms with Crippen LogP contribution in [0.4, 0.5) is 69.8 Å². The van der Waals surface area contributed by atoms with E-state index in [1.807, 2.05) is 160 Å². The van der Waals surface area contributed by atoms with Crippen LogP contribution in [0.2, 0.25) is 0 Å². The van der Waals surface area contributed by atoms with Gasteiger partial charge in [0.25, 0.3) is 0 Å². The average molecular weight is 1610 g/mol. The molecular weight excluding hydrogens is 1490 g/mol. The minimum Gasteiger partial charge on any atom is -0.493 e. The van der Waals surface area contributed by atoms with Gasteiger partial charge in [0, 0.05) is 217 Å². The van der Waals surface area contributed by atoms with Crippen molar-refractivity contribution in [1.82, 2.24) is 59.9 Å². The van der Waals surface area contributed by atoms with Gasteiger partial charge < -0.3 is 95.2 Å². The van der Waals surface area contributed by atoms with Crippen molar-refractivity contribution < 1.29 is 47.4 Å². The fraction of sp³-hybridized carbons (Fsp3) is 0.540. The second-order valence-corrected chi connectivity index (χ2v) is 31.1. The zero-order valence-electron chi connectivity index (χ0n) is 71.0. The monoisotopic (exact) mass is 1610 g/mol. The SMILES string of the molecule is CCOC1(OC)CC1.CNc1cc(C)nc(Nc2ccc(OC)c(OCC3CCN(C4CC4)C3)c2)n1.CNc1cc(C)nc(Nc2ccc(OC)c(OCC3CCNC3)c2)n1.CNc1cc(C)nc(Nc2ccc(OC)c(OC[C@@H]3CCN(C4CC4)C3)c2)n1.CNc1cc(C)nc(Nc2ccc(OC)c(OC[C@H]3CCN(C4CC4)C3)c2)n1. The van der Waals surface area contributed by atoms with Crippen molar-refractivity contribution in [2.24, 2.45) is 23.7 Å². The number of hydrogen-bond acceptors (Lipinski definition) is 30. The van der Waals surface area contributed by atoms with Crippen LogP contribution in [0.15, 0.2) is 97.1 Å². The first-order valence-corrected chi connectivity index (χ1v) is 41.5. The number of ether oxygens (including phenoxy) is 10. The quantitative estimate of drug-likeness (QED) is 0.0169. The van der Waals surface area contributed by atoms with Crippen LogP contribution in [0.5, 0.6) is 46.0 Å². The first kappa shape index (κ1) is 86.1. The van der Waals surface area contributed by atoms with Crippen molar-refractivity contribution in [2.75, 3.05) is 192 Å². The molecule has 30 nitrogen and oxygen atoms in total. The number of nitrogens with one attached hydrogen (secondary N) is 9. The summed E-state index contributed by atoms with van der Waals surface area (Å²) in [6, 6.07) is 33.3. The number of rotatable bonds is 34. The van der Waals surface area contributed by atoms with Crippen molar-refractivity contribution in [3.8, 4) is 46.0 Å². The van der Waals surface area contributed by atoms with Crippen LogP contribution in [0.1, 0.15) is 107 Å². The summed E-state index contributed by atoms with van der Waals surface area (Å²) in [7, 11) is 15.7. The summed E-state index contributed by atoms with van der Waals surface area (Å²) in [4.78, 5) is 43.4. The molecule has 0 radical (unpaired) electrons. The number of anilines is 12. The molecule has 4 aliphatic heterocycles. The maximum atomic E-state index is 6.16. The highest BCUT2D eigenvalue weighted by Gasteiger charge is 2.44. The summed E-state index contributed by atoms with van der Waals surface area (Å²) in [5.74, 6) is 13.4. The highest BCUT2D eigenvalue weighted by Crippen LogP contribution is 2.42. The minimum atomic E-state index is -0.158. The molecule has 4 saturated heterocycles. The fourth-order valence-corrected chi connectivity index (χ4v) is 14.8. The van der Waals surface area contributed by atoms with Crippen molar-refractivity contribution in [3.63, 3.8) is 0 Å². The van der Waals surface area contributed by atoms with Crippen LogP contribution in [0.25, 0.3) is 0 Å². The third kappa shape index (κ3) is 26.1. The molecule has 0 bridgehead atoms. The number of likely N-dealkylation sites (tertiary alicyclic amines) is 3. The van der Waals surface area contributed by atoms with Crippen molar-refractivity contribution >= 4 is 69.8 Å². The summed E-state index contributed by atoms with van der Waals surface area (Å²) in [6.07, 6.45) is 15.1. The Morgan fingerprint density at radius 3 is 0.880 bits per heavy atom. The first-order chi connectivity index (χ1) is 56.9. The van der Waals surface area contributed by atoms with Crippen LogP contribution in [-0.4, -0.2) is 228 Å². The van der Waals surface area contributed by atoms with Gasteiger partial charge in [-0.1, -0.05) is 0 Å². The molecule has 2 unspecified atom stereocenters. The number of nitrogens with zero attached hydrogens (tertiary/aromatic N) is 11. The topological polar surface area (TPSA) is 313 Å². The normalized spacial score (nSPS) is 19.1. The molecule has 8 aliphatic rings. The molecule has 9 N–H and O–H groups in total. The van der Waals surface area contributed by atoms with E-state index in [4.69, 9.17) is 47.4 Å². The molecule has 30 heteroatoms. The molecule has 4 atom stereocenters. The molecular formula is C87H124N20O10. The van der Waals surface area contributed by atoms with Gasteiger partial charge in [-0.05, 0) is 174 Å². The molecule has 632 valence electrons.